The van der Waals surface area contributed by atoms with Gasteiger partial charge in [-0.3, -0.25) is 14.5 Å². The second kappa shape index (κ2) is 7.82. The summed E-state index contributed by atoms with van der Waals surface area (Å²) in [6.45, 7) is 5.45. The van der Waals surface area contributed by atoms with Gasteiger partial charge in [-0.15, -0.1) is 11.3 Å². The van der Waals surface area contributed by atoms with Crippen molar-refractivity contribution in [3.63, 3.8) is 0 Å². The third-order valence-electron chi connectivity index (χ3n) is 3.96. The van der Waals surface area contributed by atoms with Crippen molar-refractivity contribution in [2.24, 2.45) is 0 Å². The topological polar surface area (TPSA) is 53.9 Å². The molecule has 1 unspecified atom stereocenters. The predicted molar refractivity (Wildman–Crippen MR) is 101 cm³/mol. The number of nitrogens with zero attached hydrogens (tertiary/aromatic N) is 1. The summed E-state index contributed by atoms with van der Waals surface area (Å²) in [6, 6.07) is 11.2. The number of quaternary nitrogens is 1. The van der Waals surface area contributed by atoms with Gasteiger partial charge in [0.05, 0.1) is 27.1 Å². The van der Waals surface area contributed by atoms with Crippen LogP contribution >= 0.6 is 22.9 Å². The van der Waals surface area contributed by atoms with Crippen LogP contribution in [-0.2, 0) is 16.1 Å². The molecule has 0 fully saturated rings. The van der Waals surface area contributed by atoms with Gasteiger partial charge in [0, 0.05) is 0 Å². The Morgan fingerprint density at radius 3 is 2.88 bits per heavy atom. The molecule has 2 heterocycles. The fourth-order valence-electron chi connectivity index (χ4n) is 2.87. The first-order valence-corrected chi connectivity index (χ1v) is 9.14. The van der Waals surface area contributed by atoms with E-state index in [1.807, 2.05) is 30.3 Å². The van der Waals surface area contributed by atoms with Gasteiger partial charge < -0.3 is 10.2 Å². The Morgan fingerprint density at radius 1 is 1.36 bits per heavy atom. The van der Waals surface area contributed by atoms with Gasteiger partial charge in [-0.25, -0.2) is 0 Å². The van der Waals surface area contributed by atoms with Crippen LogP contribution in [-0.4, -0.2) is 31.4 Å². The van der Waals surface area contributed by atoms with E-state index >= 15 is 0 Å². The fraction of sp³-hybridized carbons (Fsp3) is 0.222. The molecule has 7 heteroatoms. The lowest BCUT2D eigenvalue weighted by Crippen LogP contribution is -3.11. The van der Waals surface area contributed by atoms with E-state index in [1.165, 1.54) is 11.3 Å². The van der Waals surface area contributed by atoms with E-state index in [9.17, 15) is 9.59 Å². The zero-order chi connectivity index (χ0) is 17.8. The first-order valence-electron chi connectivity index (χ1n) is 7.94. The number of para-hydroxylation sites is 2. The Hall–Kier alpha value is -2.15. The van der Waals surface area contributed by atoms with Crippen LogP contribution in [0.1, 0.15) is 4.88 Å². The highest BCUT2D eigenvalue weighted by Crippen LogP contribution is 2.28. The number of carbonyl (C=O) groups is 2. The van der Waals surface area contributed by atoms with Crippen LogP contribution in [0.25, 0.3) is 0 Å². The van der Waals surface area contributed by atoms with Gasteiger partial charge in [-0.2, -0.15) is 0 Å². The Morgan fingerprint density at radius 2 is 2.16 bits per heavy atom. The summed E-state index contributed by atoms with van der Waals surface area (Å²) in [5.74, 6) is -0.260. The van der Waals surface area contributed by atoms with E-state index in [4.69, 9.17) is 11.6 Å². The van der Waals surface area contributed by atoms with Gasteiger partial charge >= 0.3 is 0 Å². The zero-order valence-corrected chi connectivity index (χ0v) is 15.2. The summed E-state index contributed by atoms with van der Waals surface area (Å²) in [5.41, 5.74) is 1.41. The first kappa shape index (κ1) is 17.7. The average Bonchev–Trinajstić information content (AvgIpc) is 2.99. The molecule has 0 spiro atoms. The molecule has 130 valence electrons. The molecule has 5 nitrogen and oxygen atoms in total. The van der Waals surface area contributed by atoms with E-state index < -0.39 is 0 Å². The standard InChI is InChI=1S/C18H18ClN3O2S/c1-2-9-21(10-13-7-8-16(19)25-13)12-18(24)22-11-17(23)20-14-5-3-4-6-15(14)22/h2-8H,1,9-12H2,(H,20,23)/p+1. The van der Waals surface area contributed by atoms with Crippen LogP contribution < -0.4 is 15.1 Å². The normalized spacial score (nSPS) is 14.6. The molecule has 1 aromatic heterocycles. The van der Waals surface area contributed by atoms with Crippen LogP contribution in [0.15, 0.2) is 49.1 Å². The number of hydrogen-bond donors (Lipinski definition) is 2. The molecule has 1 aliphatic heterocycles. The molecule has 0 saturated carbocycles. The molecule has 0 aliphatic carbocycles. The fourth-order valence-corrected chi connectivity index (χ4v) is 4.03. The summed E-state index contributed by atoms with van der Waals surface area (Å²) in [4.78, 5) is 28.5. The third-order valence-corrected chi connectivity index (χ3v) is 5.19. The van der Waals surface area contributed by atoms with Gasteiger partial charge in [0.2, 0.25) is 5.91 Å². The van der Waals surface area contributed by atoms with Gasteiger partial charge in [0.25, 0.3) is 5.91 Å². The molecule has 2 amide bonds. The summed E-state index contributed by atoms with van der Waals surface area (Å²) in [6.07, 6.45) is 1.80. The maximum atomic E-state index is 12.9. The maximum absolute atomic E-state index is 12.9. The number of fused-ring (bicyclic) bond motifs is 1. The van der Waals surface area contributed by atoms with Crippen molar-refractivity contribution in [2.45, 2.75) is 6.54 Å². The van der Waals surface area contributed by atoms with E-state index in [1.54, 1.807) is 17.0 Å². The molecular formula is C18H19ClN3O2S+. The lowest BCUT2D eigenvalue weighted by molar-refractivity contribution is -0.899. The van der Waals surface area contributed by atoms with E-state index in [0.29, 0.717) is 18.8 Å². The third kappa shape index (κ3) is 4.28. The maximum Gasteiger partial charge on any atom is 0.282 e. The Balaban J connectivity index is 1.75. The van der Waals surface area contributed by atoms with Crippen molar-refractivity contribution in [2.75, 3.05) is 29.9 Å². The van der Waals surface area contributed by atoms with E-state index in [0.717, 1.165) is 19.8 Å². The number of carbonyl (C=O) groups excluding carboxylic acids is 2. The molecular weight excluding hydrogens is 358 g/mol. The molecule has 2 aromatic rings. The molecule has 0 radical (unpaired) electrons. The number of amides is 2. The largest absolute Gasteiger partial charge is 0.323 e. The second-order valence-corrected chi connectivity index (χ2v) is 7.65. The molecule has 1 aliphatic rings. The minimum absolute atomic E-state index is 0.0437. The number of benzene rings is 1. The average molecular weight is 377 g/mol. The van der Waals surface area contributed by atoms with Crippen LogP contribution in [0.4, 0.5) is 11.4 Å². The monoisotopic (exact) mass is 376 g/mol. The van der Waals surface area contributed by atoms with Crippen molar-refractivity contribution in [3.05, 3.63) is 58.3 Å². The summed E-state index contributed by atoms with van der Waals surface area (Å²) in [7, 11) is 0. The summed E-state index contributed by atoms with van der Waals surface area (Å²) < 4.78 is 0.737. The van der Waals surface area contributed by atoms with E-state index in [2.05, 4.69) is 11.9 Å². The Labute approximate surface area is 155 Å². The Bertz CT molecular complexity index is 805. The van der Waals surface area contributed by atoms with Crippen molar-refractivity contribution in [1.29, 1.82) is 0 Å². The number of nitrogens with one attached hydrogen (secondary N) is 2. The van der Waals surface area contributed by atoms with Crippen LogP contribution in [0.5, 0.6) is 0 Å². The number of anilines is 2. The van der Waals surface area contributed by atoms with Gasteiger partial charge in [-0.1, -0.05) is 30.3 Å². The lowest BCUT2D eigenvalue weighted by Gasteiger charge is -2.30. The van der Waals surface area contributed by atoms with Crippen LogP contribution in [0, 0.1) is 0 Å². The molecule has 1 aromatic carbocycles. The second-order valence-electron chi connectivity index (χ2n) is 5.85. The summed E-state index contributed by atoms with van der Waals surface area (Å²) >= 11 is 7.50. The van der Waals surface area contributed by atoms with Crippen molar-refractivity contribution >= 4 is 46.1 Å². The molecule has 0 bridgehead atoms. The summed E-state index contributed by atoms with van der Waals surface area (Å²) in [5, 5.41) is 2.80. The van der Waals surface area contributed by atoms with Gasteiger partial charge in [-0.05, 0) is 30.3 Å². The molecule has 3 rings (SSSR count). The smallest absolute Gasteiger partial charge is 0.282 e. The van der Waals surface area contributed by atoms with Gasteiger partial charge in [0.1, 0.15) is 13.1 Å². The van der Waals surface area contributed by atoms with Gasteiger partial charge in [0.15, 0.2) is 6.54 Å². The van der Waals surface area contributed by atoms with Crippen molar-refractivity contribution < 1.29 is 14.5 Å². The molecule has 2 N–H and O–H groups in total. The Kier molecular flexibility index (Phi) is 5.53. The van der Waals surface area contributed by atoms with Crippen LogP contribution in [0.3, 0.4) is 0 Å². The molecule has 25 heavy (non-hydrogen) atoms. The number of thiophene rings is 1. The quantitative estimate of drug-likeness (QED) is 0.757. The first-order chi connectivity index (χ1) is 12.1. The zero-order valence-electron chi connectivity index (χ0n) is 13.6. The minimum Gasteiger partial charge on any atom is -0.323 e. The van der Waals surface area contributed by atoms with Crippen LogP contribution in [0.2, 0.25) is 4.34 Å². The minimum atomic E-state index is -0.178. The molecule has 0 saturated heterocycles. The number of halogens is 1. The van der Waals surface area contributed by atoms with E-state index in [-0.39, 0.29) is 24.9 Å². The number of hydrogen-bond acceptors (Lipinski definition) is 3. The highest BCUT2D eigenvalue weighted by Gasteiger charge is 2.29. The van der Waals surface area contributed by atoms with Crippen molar-refractivity contribution in [1.82, 2.24) is 0 Å². The lowest BCUT2D eigenvalue weighted by atomic mass is 10.2. The van der Waals surface area contributed by atoms with Crippen molar-refractivity contribution in [3.8, 4) is 0 Å². The number of rotatable bonds is 6. The highest BCUT2D eigenvalue weighted by molar-refractivity contribution is 7.16. The molecule has 1 atom stereocenters. The highest BCUT2D eigenvalue weighted by atomic mass is 35.5. The SMILES string of the molecule is C=CC[NH+](CC(=O)N1CC(=O)Nc2ccccc21)Cc1ccc(Cl)s1. The predicted octanol–water partition coefficient (Wildman–Crippen LogP) is 1.96.